The zero-order chi connectivity index (χ0) is 19.5. The Hall–Kier alpha value is 1.33. The van der Waals surface area contributed by atoms with Crippen molar-refractivity contribution in [2.24, 2.45) is 0 Å². The molecule has 0 radical (unpaired) electrons. The predicted molar refractivity (Wildman–Crippen MR) is 127 cm³/mol. The quantitative estimate of drug-likeness (QED) is 0.105. The van der Waals surface area contributed by atoms with E-state index in [0.717, 1.165) is 0 Å². The molecule has 0 atom stereocenters. The van der Waals surface area contributed by atoms with Crippen LogP contribution in [0, 0.1) is 0 Å². The average molecular weight is 585 g/mol. The van der Waals surface area contributed by atoms with Crippen LogP contribution in [0.1, 0.15) is 118 Å². The Morgan fingerprint density at radius 1 is 0.615 bits per heavy atom. The van der Waals surface area contributed by atoms with Crippen molar-refractivity contribution in [3.8, 4) is 0 Å². The summed E-state index contributed by atoms with van der Waals surface area (Å²) in [5.41, 5.74) is 0. The molecule has 0 aliphatic heterocycles. The summed E-state index contributed by atoms with van der Waals surface area (Å²) in [5, 5.41) is 0. The second-order valence-corrected chi connectivity index (χ2v) is 27.8. The molecule has 0 nitrogen and oxygen atoms in total. The summed E-state index contributed by atoms with van der Waals surface area (Å²) in [6.45, 7) is 12.0. The van der Waals surface area contributed by atoms with E-state index in [2.05, 4.69) is 42.3 Å². The first kappa shape index (κ1) is 27.3. The summed E-state index contributed by atoms with van der Waals surface area (Å²) < 4.78 is 8.85. The molecule has 0 unspecified atom stereocenters. The third-order valence-corrected chi connectivity index (χ3v) is 34.3. The van der Waals surface area contributed by atoms with Crippen LogP contribution in [0.5, 0.6) is 0 Å². The van der Waals surface area contributed by atoms with Gasteiger partial charge in [-0.2, -0.15) is 0 Å². The van der Waals surface area contributed by atoms with Crippen LogP contribution in [-0.4, -0.2) is 39.3 Å². The van der Waals surface area contributed by atoms with E-state index >= 15 is 0 Å². The SMILES string of the molecule is CCCCCC/C=[C](/[Te]CCCC)[Sn]([CH2]CCC)([CH2]CCC)[CH2]CCC. The van der Waals surface area contributed by atoms with Crippen LogP contribution in [0.25, 0.3) is 0 Å². The Kier molecular flexibility index (Phi) is 20.6. The van der Waals surface area contributed by atoms with E-state index in [1.807, 2.05) is 0 Å². The zero-order valence-electron chi connectivity index (χ0n) is 19.0. The molecule has 0 aliphatic rings. The van der Waals surface area contributed by atoms with E-state index in [9.17, 15) is 0 Å². The van der Waals surface area contributed by atoms with Gasteiger partial charge in [0.1, 0.15) is 0 Å². The van der Waals surface area contributed by atoms with Gasteiger partial charge in [0, 0.05) is 0 Å². The Morgan fingerprint density at radius 3 is 1.58 bits per heavy atom. The maximum atomic E-state index is 2.88. The number of unbranched alkanes of at least 4 members (excludes halogenated alkanes) is 8. The van der Waals surface area contributed by atoms with E-state index in [1.54, 1.807) is 17.8 Å². The standard InChI is InChI=1S/C12H23Te.3C4H9.Sn/c1-3-5-7-8-9-10-12-13-11-6-4-2;3*1-3-4-2;/h10H,3-9,11H2,1-2H3;3*1,3-4H2,2H3;. The fourth-order valence-electron chi connectivity index (χ4n) is 3.85. The van der Waals surface area contributed by atoms with Gasteiger partial charge in [-0.3, -0.25) is 0 Å². The normalized spacial score (nSPS) is 12.7. The van der Waals surface area contributed by atoms with E-state index < -0.39 is 18.4 Å². The van der Waals surface area contributed by atoms with Gasteiger partial charge in [0.2, 0.25) is 0 Å². The van der Waals surface area contributed by atoms with Gasteiger partial charge < -0.3 is 0 Å². The molecular formula is C24H50SnTe. The van der Waals surface area contributed by atoms with Gasteiger partial charge in [-0.05, 0) is 0 Å². The van der Waals surface area contributed by atoms with Crippen molar-refractivity contribution in [1.82, 2.24) is 0 Å². The molecule has 0 N–H and O–H groups in total. The Bertz CT molecular complexity index is 302. The van der Waals surface area contributed by atoms with Crippen LogP contribution in [0.15, 0.2) is 7.71 Å². The van der Waals surface area contributed by atoms with Crippen molar-refractivity contribution >= 4 is 39.3 Å². The Morgan fingerprint density at radius 2 is 1.12 bits per heavy atom. The molecule has 0 aromatic carbocycles. The van der Waals surface area contributed by atoms with Gasteiger partial charge in [0.15, 0.2) is 0 Å². The molecule has 0 heterocycles. The second kappa shape index (κ2) is 19.6. The molecule has 0 saturated carbocycles. The van der Waals surface area contributed by atoms with Crippen LogP contribution in [0.3, 0.4) is 0 Å². The van der Waals surface area contributed by atoms with Crippen molar-refractivity contribution in [1.29, 1.82) is 0 Å². The van der Waals surface area contributed by atoms with Gasteiger partial charge in [-0.25, -0.2) is 0 Å². The first-order chi connectivity index (χ1) is 12.7. The van der Waals surface area contributed by atoms with Crippen molar-refractivity contribution in [2.75, 3.05) is 0 Å². The molecule has 0 saturated heterocycles. The third kappa shape index (κ3) is 12.7. The maximum absolute atomic E-state index is 2.88. The van der Waals surface area contributed by atoms with Crippen molar-refractivity contribution < 1.29 is 0 Å². The molecule has 0 spiro atoms. The predicted octanol–water partition coefficient (Wildman–Crippen LogP) is 9.15. The molecule has 2 heteroatoms. The molecule has 0 rings (SSSR count). The zero-order valence-corrected chi connectivity index (χ0v) is 24.2. The molecule has 156 valence electrons. The molecule has 0 aromatic heterocycles. The minimum atomic E-state index is -2.10. The number of rotatable bonds is 19. The third-order valence-electron chi connectivity index (χ3n) is 5.69. The molecule has 0 fully saturated rings. The van der Waals surface area contributed by atoms with Crippen molar-refractivity contribution in [2.45, 2.75) is 136 Å². The van der Waals surface area contributed by atoms with E-state index in [4.69, 9.17) is 0 Å². The summed E-state index contributed by atoms with van der Waals surface area (Å²) in [6.07, 6.45) is 21.7. The molecule has 0 aromatic rings. The van der Waals surface area contributed by atoms with Crippen LogP contribution < -0.4 is 0 Å². The number of hydrogen-bond acceptors (Lipinski definition) is 0. The molecule has 26 heavy (non-hydrogen) atoms. The molecule has 0 amide bonds. The average Bonchev–Trinajstić information content (AvgIpc) is 2.66. The monoisotopic (exact) mass is 588 g/mol. The van der Waals surface area contributed by atoms with E-state index in [0.29, 0.717) is 0 Å². The summed E-state index contributed by atoms with van der Waals surface area (Å²) >= 11 is -1.96. The van der Waals surface area contributed by atoms with Crippen LogP contribution in [-0.2, 0) is 0 Å². The molecule has 0 aliphatic carbocycles. The fraction of sp³-hybridized carbons (Fsp3) is 0.917. The van der Waals surface area contributed by atoms with Gasteiger partial charge >= 0.3 is 183 Å². The van der Waals surface area contributed by atoms with E-state index in [-0.39, 0.29) is 20.9 Å². The van der Waals surface area contributed by atoms with Gasteiger partial charge in [-0.1, -0.05) is 0 Å². The van der Waals surface area contributed by atoms with Crippen LogP contribution >= 0.6 is 0 Å². The summed E-state index contributed by atoms with van der Waals surface area (Å²) in [5.74, 6) is 0. The summed E-state index contributed by atoms with van der Waals surface area (Å²) in [6, 6.07) is 0. The summed E-state index contributed by atoms with van der Waals surface area (Å²) in [4.78, 5) is 0. The van der Waals surface area contributed by atoms with Crippen LogP contribution in [0.4, 0.5) is 0 Å². The Balaban J connectivity index is 5.32. The van der Waals surface area contributed by atoms with Gasteiger partial charge in [-0.15, -0.1) is 0 Å². The van der Waals surface area contributed by atoms with Crippen molar-refractivity contribution in [3.05, 3.63) is 7.71 Å². The number of allylic oxidation sites excluding steroid dienone is 1. The first-order valence-corrected chi connectivity index (χ1v) is 22.3. The fourth-order valence-corrected chi connectivity index (χ4v) is 35.7. The summed E-state index contributed by atoms with van der Waals surface area (Å²) in [7, 11) is 0. The molecule has 0 bridgehead atoms. The number of hydrogen-bond donors (Lipinski definition) is 0. The first-order valence-electron chi connectivity index (χ1n) is 12.0. The van der Waals surface area contributed by atoms with Crippen molar-refractivity contribution in [3.63, 3.8) is 0 Å². The molecular weight excluding hydrogens is 535 g/mol. The van der Waals surface area contributed by atoms with Crippen LogP contribution in [0.2, 0.25) is 17.8 Å². The Labute approximate surface area is 181 Å². The van der Waals surface area contributed by atoms with E-state index in [1.165, 1.54) is 83.5 Å². The topological polar surface area (TPSA) is 0 Å². The van der Waals surface area contributed by atoms with Gasteiger partial charge in [0.05, 0.1) is 0 Å². The second-order valence-electron chi connectivity index (χ2n) is 8.21. The minimum absolute atomic E-state index is 0.132. The van der Waals surface area contributed by atoms with Gasteiger partial charge in [0.25, 0.3) is 0 Å².